The monoisotopic (exact) mass is 203 g/mol. The molecule has 1 aromatic rings. The van der Waals surface area contributed by atoms with Gasteiger partial charge in [-0.15, -0.1) is 0 Å². The van der Waals surface area contributed by atoms with Crippen molar-refractivity contribution in [3.63, 3.8) is 0 Å². The molecule has 0 aliphatic rings. The zero-order valence-corrected chi connectivity index (χ0v) is 8.73. The van der Waals surface area contributed by atoms with Gasteiger partial charge in [0.25, 0.3) is 0 Å². The van der Waals surface area contributed by atoms with Gasteiger partial charge in [-0.1, -0.05) is 35.2 Å². The number of hydrogen-bond acceptors (Lipinski definition) is 3. The van der Waals surface area contributed by atoms with Crippen LogP contribution in [-0.2, 0) is 0 Å². The fourth-order valence-electron chi connectivity index (χ4n) is 0.903. The molecule has 0 amide bonds. The van der Waals surface area contributed by atoms with Crippen molar-refractivity contribution in [2.24, 2.45) is 5.16 Å². The molecule has 0 heterocycles. The van der Waals surface area contributed by atoms with Gasteiger partial charge in [0.15, 0.2) is 5.60 Å². The first kappa shape index (κ1) is 11.3. The van der Waals surface area contributed by atoms with Crippen LogP contribution in [-0.4, -0.2) is 21.6 Å². The largest absolute Gasteiger partial charge is 0.411 e. The average Bonchev–Trinajstić information content (AvgIpc) is 2.27. The average molecular weight is 203 g/mol. The Morgan fingerprint density at radius 2 is 1.93 bits per heavy atom. The first-order valence-electron chi connectivity index (χ1n) is 4.56. The van der Waals surface area contributed by atoms with Gasteiger partial charge >= 0.3 is 0 Å². The van der Waals surface area contributed by atoms with E-state index in [1.807, 2.05) is 30.3 Å². The minimum Gasteiger partial charge on any atom is -0.411 e. The molecule has 1 aromatic carbocycles. The Bertz CT molecular complexity index is 410. The number of benzene rings is 1. The molecule has 3 nitrogen and oxygen atoms in total. The lowest BCUT2D eigenvalue weighted by Crippen LogP contribution is -2.31. The lowest BCUT2D eigenvalue weighted by molar-refractivity contribution is 0.185. The van der Waals surface area contributed by atoms with E-state index in [9.17, 15) is 5.11 Å². The molecule has 0 spiro atoms. The third-order valence-electron chi connectivity index (χ3n) is 2.08. The van der Waals surface area contributed by atoms with Crippen molar-refractivity contribution < 1.29 is 10.3 Å². The summed E-state index contributed by atoms with van der Waals surface area (Å²) in [7, 11) is 0. The molecular formula is C12H13NO2. The highest BCUT2D eigenvalue weighted by molar-refractivity contribution is 5.92. The Kier molecular flexibility index (Phi) is 3.48. The lowest BCUT2D eigenvalue weighted by atomic mass is 10.0. The SMILES string of the molecule is C/C(=N\O)C(C)(O)C#Cc1ccccc1. The van der Waals surface area contributed by atoms with Gasteiger partial charge in [0.2, 0.25) is 0 Å². The number of hydrogen-bond donors (Lipinski definition) is 2. The van der Waals surface area contributed by atoms with Gasteiger partial charge in [-0.2, -0.15) is 0 Å². The van der Waals surface area contributed by atoms with Crippen molar-refractivity contribution in [2.75, 3.05) is 0 Å². The number of aliphatic hydroxyl groups is 1. The van der Waals surface area contributed by atoms with Gasteiger partial charge in [-0.25, -0.2) is 0 Å². The van der Waals surface area contributed by atoms with E-state index in [1.54, 1.807) is 0 Å². The molecule has 1 atom stereocenters. The molecular weight excluding hydrogens is 190 g/mol. The van der Waals surface area contributed by atoms with E-state index in [0.29, 0.717) is 0 Å². The topological polar surface area (TPSA) is 52.8 Å². The summed E-state index contributed by atoms with van der Waals surface area (Å²) < 4.78 is 0. The van der Waals surface area contributed by atoms with E-state index in [1.165, 1.54) is 13.8 Å². The van der Waals surface area contributed by atoms with Crippen LogP contribution in [0.1, 0.15) is 19.4 Å². The Hall–Kier alpha value is -1.79. The Morgan fingerprint density at radius 1 is 1.33 bits per heavy atom. The van der Waals surface area contributed by atoms with Gasteiger partial charge in [-0.05, 0) is 26.0 Å². The fraction of sp³-hybridized carbons (Fsp3) is 0.250. The maximum Gasteiger partial charge on any atom is 0.164 e. The number of oxime groups is 1. The second-order valence-electron chi connectivity index (χ2n) is 3.37. The first-order valence-corrected chi connectivity index (χ1v) is 4.56. The van der Waals surface area contributed by atoms with E-state index in [0.717, 1.165) is 5.56 Å². The molecule has 0 bridgehead atoms. The van der Waals surface area contributed by atoms with Crippen LogP contribution in [0.2, 0.25) is 0 Å². The summed E-state index contributed by atoms with van der Waals surface area (Å²) >= 11 is 0. The molecule has 0 fully saturated rings. The standard InChI is InChI=1S/C12H13NO2/c1-10(13-15)12(2,14)9-8-11-6-4-3-5-7-11/h3-7,14-15H,1-2H3/b13-10+. The van der Waals surface area contributed by atoms with Crippen LogP contribution in [0.5, 0.6) is 0 Å². The maximum absolute atomic E-state index is 9.78. The quantitative estimate of drug-likeness (QED) is 0.315. The molecule has 15 heavy (non-hydrogen) atoms. The molecule has 1 rings (SSSR count). The third kappa shape index (κ3) is 3.12. The van der Waals surface area contributed by atoms with Crippen LogP contribution >= 0.6 is 0 Å². The van der Waals surface area contributed by atoms with Crippen molar-refractivity contribution in [1.82, 2.24) is 0 Å². The molecule has 0 aliphatic heterocycles. The number of nitrogens with zero attached hydrogens (tertiary/aromatic N) is 1. The van der Waals surface area contributed by atoms with Crippen LogP contribution in [0.25, 0.3) is 0 Å². The molecule has 0 saturated heterocycles. The molecule has 3 heteroatoms. The normalized spacial score (nSPS) is 15.0. The second kappa shape index (κ2) is 4.63. The highest BCUT2D eigenvalue weighted by Crippen LogP contribution is 2.05. The van der Waals surface area contributed by atoms with Gasteiger partial charge < -0.3 is 10.3 Å². The van der Waals surface area contributed by atoms with Crippen molar-refractivity contribution in [3.8, 4) is 11.8 Å². The predicted molar refractivity (Wildman–Crippen MR) is 58.8 cm³/mol. The van der Waals surface area contributed by atoms with Crippen LogP contribution < -0.4 is 0 Å². The molecule has 0 aliphatic carbocycles. The predicted octanol–water partition coefficient (Wildman–Crippen LogP) is 1.64. The summed E-state index contributed by atoms with van der Waals surface area (Å²) in [6.07, 6.45) is 0. The van der Waals surface area contributed by atoms with Crippen molar-refractivity contribution in [2.45, 2.75) is 19.4 Å². The summed E-state index contributed by atoms with van der Waals surface area (Å²) in [4.78, 5) is 0. The third-order valence-corrected chi connectivity index (χ3v) is 2.08. The molecule has 0 radical (unpaired) electrons. The lowest BCUT2D eigenvalue weighted by Gasteiger charge is -2.13. The Balaban J connectivity index is 2.92. The zero-order chi connectivity index (χ0) is 11.3. The van der Waals surface area contributed by atoms with E-state index in [-0.39, 0.29) is 5.71 Å². The second-order valence-corrected chi connectivity index (χ2v) is 3.37. The smallest absolute Gasteiger partial charge is 0.164 e. The first-order chi connectivity index (χ1) is 7.06. The van der Waals surface area contributed by atoms with E-state index in [4.69, 9.17) is 5.21 Å². The van der Waals surface area contributed by atoms with Gasteiger partial charge in [0, 0.05) is 5.56 Å². The molecule has 1 unspecified atom stereocenters. The van der Waals surface area contributed by atoms with Crippen molar-refractivity contribution in [1.29, 1.82) is 0 Å². The summed E-state index contributed by atoms with van der Waals surface area (Å²) in [5.41, 5.74) is -0.417. The van der Waals surface area contributed by atoms with Crippen molar-refractivity contribution >= 4 is 5.71 Å². The highest BCUT2D eigenvalue weighted by atomic mass is 16.4. The Morgan fingerprint density at radius 3 is 2.47 bits per heavy atom. The fourth-order valence-corrected chi connectivity index (χ4v) is 0.903. The van der Waals surface area contributed by atoms with E-state index >= 15 is 0 Å². The molecule has 0 saturated carbocycles. The zero-order valence-electron chi connectivity index (χ0n) is 8.73. The maximum atomic E-state index is 9.78. The van der Waals surface area contributed by atoms with Gasteiger partial charge in [-0.3, -0.25) is 0 Å². The highest BCUT2D eigenvalue weighted by Gasteiger charge is 2.21. The van der Waals surface area contributed by atoms with Crippen LogP contribution in [0.4, 0.5) is 0 Å². The van der Waals surface area contributed by atoms with Crippen LogP contribution in [0.15, 0.2) is 35.5 Å². The summed E-state index contributed by atoms with van der Waals surface area (Å²) in [5.74, 6) is 5.45. The summed E-state index contributed by atoms with van der Waals surface area (Å²) in [6.45, 7) is 3.00. The molecule has 78 valence electrons. The summed E-state index contributed by atoms with van der Waals surface area (Å²) in [6, 6.07) is 9.31. The van der Waals surface area contributed by atoms with Crippen LogP contribution in [0, 0.1) is 11.8 Å². The van der Waals surface area contributed by atoms with Gasteiger partial charge in [0.05, 0.1) is 5.71 Å². The molecule has 0 aromatic heterocycles. The van der Waals surface area contributed by atoms with Crippen LogP contribution in [0.3, 0.4) is 0 Å². The molecule has 2 N–H and O–H groups in total. The number of rotatable bonds is 1. The summed E-state index contributed by atoms with van der Waals surface area (Å²) in [5, 5.41) is 21.2. The van der Waals surface area contributed by atoms with Crippen molar-refractivity contribution in [3.05, 3.63) is 35.9 Å². The van der Waals surface area contributed by atoms with Gasteiger partial charge in [0.1, 0.15) is 0 Å². The minimum absolute atomic E-state index is 0.172. The Labute approximate surface area is 89.1 Å². The minimum atomic E-state index is -1.40. The van der Waals surface area contributed by atoms with E-state index < -0.39 is 5.60 Å². The van der Waals surface area contributed by atoms with E-state index in [2.05, 4.69) is 17.0 Å².